The first-order chi connectivity index (χ1) is 9.54. The fourth-order valence-corrected chi connectivity index (χ4v) is 3.32. The van der Waals surface area contributed by atoms with Gasteiger partial charge in [-0.2, -0.15) is 0 Å². The van der Waals surface area contributed by atoms with E-state index >= 15 is 0 Å². The second-order valence-electron chi connectivity index (χ2n) is 7.52. The molecular weight excluding hydrogens is 266 g/mol. The highest BCUT2D eigenvalue weighted by Gasteiger charge is 2.33. The second kappa shape index (κ2) is 7.07. The minimum Gasteiger partial charge on any atom is -0.370 e. The van der Waals surface area contributed by atoms with E-state index in [1.165, 1.54) is 0 Å². The summed E-state index contributed by atoms with van der Waals surface area (Å²) in [7, 11) is 0. The number of primary amides is 1. The second-order valence-corrected chi connectivity index (χ2v) is 7.52. The van der Waals surface area contributed by atoms with E-state index in [1.54, 1.807) is 0 Å². The number of nitrogens with zero attached hydrogens (tertiary/aromatic N) is 1. The highest BCUT2D eigenvalue weighted by molar-refractivity contribution is 5.84. The van der Waals surface area contributed by atoms with Crippen LogP contribution >= 0.6 is 0 Å². The Morgan fingerprint density at radius 2 is 2.14 bits per heavy atom. The van der Waals surface area contributed by atoms with Crippen LogP contribution in [-0.4, -0.2) is 53.7 Å². The Balaban J connectivity index is 2.49. The Morgan fingerprint density at radius 3 is 2.62 bits per heavy atom. The van der Waals surface area contributed by atoms with Gasteiger partial charge in [0.25, 0.3) is 0 Å². The molecule has 124 valence electrons. The number of nitrogens with one attached hydrogen (secondary N) is 1. The molecule has 1 aliphatic heterocycles. The maximum atomic E-state index is 11.7. The number of carbonyl (C=O) groups excluding carboxylic acids is 1. The van der Waals surface area contributed by atoms with Crippen LogP contribution in [0, 0.1) is 0 Å². The molecule has 0 radical (unpaired) electrons. The summed E-state index contributed by atoms with van der Waals surface area (Å²) in [5.74, 6) is -0.271. The SMILES string of the molecule is CC(C)NC(C)(CCCN1CC(C)OC(C)(C)C1)C(N)=O. The van der Waals surface area contributed by atoms with E-state index in [4.69, 9.17) is 10.5 Å². The normalized spacial score (nSPS) is 25.8. The van der Waals surface area contributed by atoms with Crippen LogP contribution in [0.5, 0.6) is 0 Å². The van der Waals surface area contributed by atoms with Gasteiger partial charge < -0.3 is 15.8 Å². The summed E-state index contributed by atoms with van der Waals surface area (Å²) in [5, 5.41) is 3.30. The van der Waals surface area contributed by atoms with Gasteiger partial charge in [-0.25, -0.2) is 0 Å². The zero-order valence-electron chi connectivity index (χ0n) is 14.5. The molecule has 0 spiro atoms. The molecule has 1 fully saturated rings. The van der Waals surface area contributed by atoms with Gasteiger partial charge in [0.05, 0.1) is 17.2 Å². The Bertz CT molecular complexity index is 357. The van der Waals surface area contributed by atoms with Crippen LogP contribution in [0.1, 0.15) is 54.4 Å². The molecule has 1 amide bonds. The first-order valence-electron chi connectivity index (χ1n) is 8.02. The largest absolute Gasteiger partial charge is 0.370 e. The number of nitrogens with two attached hydrogens (primary N) is 1. The van der Waals surface area contributed by atoms with Crippen molar-refractivity contribution in [2.24, 2.45) is 5.73 Å². The van der Waals surface area contributed by atoms with E-state index in [9.17, 15) is 4.79 Å². The maximum absolute atomic E-state index is 11.7. The fourth-order valence-electron chi connectivity index (χ4n) is 3.32. The fraction of sp³-hybridized carbons (Fsp3) is 0.938. The van der Waals surface area contributed by atoms with Crippen molar-refractivity contribution in [2.75, 3.05) is 19.6 Å². The Kier molecular flexibility index (Phi) is 6.20. The average Bonchev–Trinajstić information content (AvgIpc) is 2.24. The quantitative estimate of drug-likeness (QED) is 0.748. The molecule has 5 heteroatoms. The van der Waals surface area contributed by atoms with Crippen molar-refractivity contribution in [1.29, 1.82) is 0 Å². The van der Waals surface area contributed by atoms with Crippen LogP contribution in [0.2, 0.25) is 0 Å². The van der Waals surface area contributed by atoms with Gasteiger partial charge in [-0.3, -0.25) is 9.69 Å². The van der Waals surface area contributed by atoms with Crippen LogP contribution < -0.4 is 11.1 Å². The van der Waals surface area contributed by atoms with Gasteiger partial charge in [-0.15, -0.1) is 0 Å². The highest BCUT2D eigenvalue weighted by atomic mass is 16.5. The first-order valence-corrected chi connectivity index (χ1v) is 8.02. The standard InChI is InChI=1S/C16H33N3O2/c1-12(2)18-16(6,14(17)20)8-7-9-19-10-13(3)21-15(4,5)11-19/h12-13,18H,7-11H2,1-6H3,(H2,17,20). The number of carbonyl (C=O) groups is 1. The molecule has 0 saturated carbocycles. The summed E-state index contributed by atoms with van der Waals surface area (Å²) in [6.07, 6.45) is 1.96. The van der Waals surface area contributed by atoms with Crippen LogP contribution in [0.25, 0.3) is 0 Å². The zero-order valence-corrected chi connectivity index (χ0v) is 14.5. The van der Waals surface area contributed by atoms with Gasteiger partial charge in [0, 0.05) is 19.1 Å². The van der Waals surface area contributed by atoms with Crippen LogP contribution in [-0.2, 0) is 9.53 Å². The van der Waals surface area contributed by atoms with Gasteiger partial charge in [-0.05, 0) is 60.9 Å². The summed E-state index contributed by atoms with van der Waals surface area (Å²) in [4.78, 5) is 14.1. The van der Waals surface area contributed by atoms with Crippen molar-refractivity contribution in [2.45, 2.75) is 77.7 Å². The van der Waals surface area contributed by atoms with Gasteiger partial charge in [0.1, 0.15) is 0 Å². The number of hydrogen-bond donors (Lipinski definition) is 2. The van der Waals surface area contributed by atoms with E-state index in [-0.39, 0.29) is 23.7 Å². The third-order valence-electron chi connectivity index (χ3n) is 3.94. The molecular formula is C16H33N3O2. The molecule has 0 aromatic heterocycles. The third-order valence-corrected chi connectivity index (χ3v) is 3.94. The average molecular weight is 299 g/mol. The molecule has 0 aromatic rings. The number of amides is 1. The van der Waals surface area contributed by atoms with Crippen LogP contribution in [0.15, 0.2) is 0 Å². The minimum absolute atomic E-state index is 0.0964. The van der Waals surface area contributed by atoms with Crippen LogP contribution in [0.4, 0.5) is 0 Å². The lowest BCUT2D eigenvalue weighted by molar-refractivity contribution is -0.130. The van der Waals surface area contributed by atoms with Crippen molar-refractivity contribution in [3.63, 3.8) is 0 Å². The Labute approximate surface area is 129 Å². The molecule has 1 rings (SSSR count). The first kappa shape index (κ1) is 18.4. The Morgan fingerprint density at radius 1 is 1.52 bits per heavy atom. The summed E-state index contributed by atoms with van der Waals surface area (Å²) >= 11 is 0. The minimum atomic E-state index is -0.623. The molecule has 0 bridgehead atoms. The summed E-state index contributed by atoms with van der Waals surface area (Å²) in [6.45, 7) is 15.2. The summed E-state index contributed by atoms with van der Waals surface area (Å²) < 4.78 is 5.91. The predicted molar refractivity (Wildman–Crippen MR) is 86.2 cm³/mol. The lowest BCUT2D eigenvalue weighted by atomic mass is 9.93. The monoisotopic (exact) mass is 299 g/mol. The van der Waals surface area contributed by atoms with E-state index in [2.05, 4.69) is 31.0 Å². The van der Waals surface area contributed by atoms with E-state index in [1.807, 2.05) is 20.8 Å². The topological polar surface area (TPSA) is 67.6 Å². The van der Waals surface area contributed by atoms with Gasteiger partial charge >= 0.3 is 0 Å². The van der Waals surface area contributed by atoms with Crippen molar-refractivity contribution in [3.8, 4) is 0 Å². The van der Waals surface area contributed by atoms with Gasteiger partial charge in [0.2, 0.25) is 5.91 Å². The predicted octanol–water partition coefficient (Wildman–Crippen LogP) is 1.51. The lowest BCUT2D eigenvalue weighted by Crippen LogP contribution is -2.56. The molecule has 2 atom stereocenters. The summed E-state index contributed by atoms with van der Waals surface area (Å²) in [6, 6.07) is 0.241. The Hall–Kier alpha value is -0.650. The number of rotatable bonds is 7. The highest BCUT2D eigenvalue weighted by Crippen LogP contribution is 2.22. The van der Waals surface area contributed by atoms with Crippen molar-refractivity contribution in [3.05, 3.63) is 0 Å². The van der Waals surface area contributed by atoms with Crippen LogP contribution in [0.3, 0.4) is 0 Å². The molecule has 2 unspecified atom stereocenters. The maximum Gasteiger partial charge on any atom is 0.237 e. The van der Waals surface area contributed by atoms with Crippen molar-refractivity contribution < 1.29 is 9.53 Å². The summed E-state index contributed by atoms with van der Waals surface area (Å²) in [5.41, 5.74) is 4.85. The number of hydrogen-bond acceptors (Lipinski definition) is 4. The van der Waals surface area contributed by atoms with E-state index in [0.29, 0.717) is 0 Å². The number of ether oxygens (including phenoxy) is 1. The van der Waals surface area contributed by atoms with Gasteiger partial charge in [0.15, 0.2) is 0 Å². The molecule has 1 saturated heterocycles. The van der Waals surface area contributed by atoms with Gasteiger partial charge in [-0.1, -0.05) is 0 Å². The zero-order chi connectivity index (χ0) is 16.3. The molecule has 3 N–H and O–H groups in total. The number of morpholine rings is 1. The third kappa shape index (κ3) is 5.93. The molecule has 0 aliphatic carbocycles. The molecule has 0 aromatic carbocycles. The van der Waals surface area contributed by atoms with E-state index in [0.717, 1.165) is 32.5 Å². The molecule has 1 aliphatic rings. The molecule has 5 nitrogen and oxygen atoms in total. The van der Waals surface area contributed by atoms with Crippen molar-refractivity contribution >= 4 is 5.91 Å². The lowest BCUT2D eigenvalue weighted by Gasteiger charge is -2.42. The molecule has 1 heterocycles. The smallest absolute Gasteiger partial charge is 0.237 e. The molecule has 21 heavy (non-hydrogen) atoms. The van der Waals surface area contributed by atoms with Crippen molar-refractivity contribution in [1.82, 2.24) is 10.2 Å². The van der Waals surface area contributed by atoms with E-state index < -0.39 is 5.54 Å².